The van der Waals surface area contributed by atoms with Gasteiger partial charge in [-0.05, 0) is 31.2 Å². The molecule has 0 bridgehead atoms. The van der Waals surface area contributed by atoms with E-state index < -0.39 is 0 Å². The lowest BCUT2D eigenvalue weighted by atomic mass is 10.2. The molecule has 0 unspecified atom stereocenters. The monoisotopic (exact) mass is 318 g/mol. The van der Waals surface area contributed by atoms with Gasteiger partial charge in [-0.25, -0.2) is 9.97 Å². The number of rotatable bonds is 5. The number of hydrogen-bond acceptors (Lipinski definition) is 6. The van der Waals surface area contributed by atoms with E-state index in [4.69, 9.17) is 9.15 Å². The Kier molecular flexibility index (Phi) is 4.26. The summed E-state index contributed by atoms with van der Waals surface area (Å²) < 4.78 is 11.7. The van der Waals surface area contributed by atoms with Crippen LogP contribution in [0.5, 0.6) is 5.75 Å². The molecular weight excluding hydrogens is 304 g/mol. The van der Waals surface area contributed by atoms with Crippen LogP contribution < -0.4 is 4.74 Å². The molecule has 6 heteroatoms. The molecule has 0 amide bonds. The van der Waals surface area contributed by atoms with Crippen molar-refractivity contribution in [3.63, 3.8) is 0 Å². The first-order valence-corrected chi connectivity index (χ1v) is 8.25. The van der Waals surface area contributed by atoms with E-state index in [9.17, 15) is 0 Å². The molecule has 0 aliphatic carbocycles. The van der Waals surface area contributed by atoms with Crippen molar-refractivity contribution in [2.45, 2.75) is 17.0 Å². The van der Waals surface area contributed by atoms with Gasteiger partial charge in [0.1, 0.15) is 16.4 Å². The lowest BCUT2D eigenvalue weighted by Gasteiger charge is -1.99. The Bertz CT molecular complexity index is 719. The Morgan fingerprint density at radius 3 is 2.71 bits per heavy atom. The molecule has 2 aromatic heterocycles. The van der Waals surface area contributed by atoms with Gasteiger partial charge in [0.15, 0.2) is 0 Å². The van der Waals surface area contributed by atoms with E-state index in [1.54, 1.807) is 36.5 Å². The van der Waals surface area contributed by atoms with Crippen LogP contribution in [0.25, 0.3) is 11.5 Å². The topological polar surface area (TPSA) is 48.2 Å². The van der Waals surface area contributed by atoms with Gasteiger partial charge in [0.05, 0.1) is 12.8 Å². The Morgan fingerprint density at radius 2 is 2.05 bits per heavy atom. The Morgan fingerprint density at radius 1 is 1.24 bits per heavy atom. The summed E-state index contributed by atoms with van der Waals surface area (Å²) >= 11 is 3.33. The maximum atomic E-state index is 5.54. The second-order valence-electron chi connectivity index (χ2n) is 4.42. The van der Waals surface area contributed by atoms with Gasteiger partial charge in [0.2, 0.25) is 5.89 Å². The quantitative estimate of drug-likeness (QED) is 0.652. The predicted molar refractivity (Wildman–Crippen MR) is 84.9 cm³/mol. The number of benzene rings is 1. The zero-order chi connectivity index (χ0) is 14.7. The van der Waals surface area contributed by atoms with Crippen LogP contribution in [0, 0.1) is 6.92 Å². The van der Waals surface area contributed by atoms with Crippen LogP contribution in [0.15, 0.2) is 44.7 Å². The molecule has 0 aliphatic heterocycles. The smallest absolute Gasteiger partial charge is 0.226 e. The number of aromatic nitrogens is 2. The van der Waals surface area contributed by atoms with Gasteiger partial charge in [-0.15, -0.1) is 11.3 Å². The molecular formula is C15H14N2O2S2. The maximum Gasteiger partial charge on any atom is 0.226 e. The van der Waals surface area contributed by atoms with Crippen molar-refractivity contribution >= 4 is 23.1 Å². The van der Waals surface area contributed by atoms with Crippen LogP contribution in [-0.2, 0) is 5.75 Å². The van der Waals surface area contributed by atoms with Crippen molar-refractivity contribution in [1.82, 2.24) is 9.97 Å². The number of ether oxygens (including phenoxy) is 1. The highest BCUT2D eigenvalue weighted by Crippen LogP contribution is 2.27. The molecule has 2 heterocycles. The number of aryl methyl sites for hydroxylation is 1. The first-order chi connectivity index (χ1) is 10.2. The van der Waals surface area contributed by atoms with Gasteiger partial charge in [0, 0.05) is 22.4 Å². The third-order valence-corrected chi connectivity index (χ3v) is 5.00. The Hall–Kier alpha value is -1.79. The molecule has 0 saturated carbocycles. The lowest BCUT2D eigenvalue weighted by molar-refractivity contribution is 0.415. The van der Waals surface area contributed by atoms with Gasteiger partial charge in [-0.1, -0.05) is 11.8 Å². The van der Waals surface area contributed by atoms with Gasteiger partial charge in [-0.2, -0.15) is 0 Å². The van der Waals surface area contributed by atoms with E-state index in [1.165, 1.54) is 0 Å². The Labute approximate surface area is 131 Å². The predicted octanol–water partition coefficient (Wildman–Crippen LogP) is 4.41. The second kappa shape index (κ2) is 6.32. The van der Waals surface area contributed by atoms with Crippen LogP contribution in [0.3, 0.4) is 0 Å². The zero-order valence-corrected chi connectivity index (χ0v) is 13.3. The molecule has 4 nitrogen and oxygen atoms in total. The fourth-order valence-electron chi connectivity index (χ4n) is 1.77. The SMILES string of the molecule is COc1ccc(-c2nc(CSc3nc(C)cs3)co2)cc1. The van der Waals surface area contributed by atoms with E-state index in [0.29, 0.717) is 5.89 Å². The molecule has 1 aromatic carbocycles. The summed E-state index contributed by atoms with van der Waals surface area (Å²) in [5.41, 5.74) is 2.91. The van der Waals surface area contributed by atoms with Crippen molar-refractivity contribution in [3.05, 3.63) is 47.3 Å². The summed E-state index contributed by atoms with van der Waals surface area (Å²) in [7, 11) is 1.65. The number of oxazole rings is 1. The summed E-state index contributed by atoms with van der Waals surface area (Å²) in [6.07, 6.45) is 1.70. The normalized spacial score (nSPS) is 10.8. The zero-order valence-electron chi connectivity index (χ0n) is 11.7. The minimum Gasteiger partial charge on any atom is -0.497 e. The van der Waals surface area contributed by atoms with Gasteiger partial charge >= 0.3 is 0 Å². The van der Waals surface area contributed by atoms with E-state index >= 15 is 0 Å². The Balaban J connectivity index is 1.67. The van der Waals surface area contributed by atoms with Gasteiger partial charge < -0.3 is 9.15 Å². The molecule has 0 spiro atoms. The average Bonchev–Trinajstić information content (AvgIpc) is 3.14. The van der Waals surface area contributed by atoms with Crippen molar-refractivity contribution in [1.29, 1.82) is 0 Å². The average molecular weight is 318 g/mol. The van der Waals surface area contributed by atoms with Crippen molar-refractivity contribution in [2.75, 3.05) is 7.11 Å². The fourth-order valence-corrected chi connectivity index (χ4v) is 3.50. The van der Waals surface area contributed by atoms with Gasteiger partial charge in [0.25, 0.3) is 0 Å². The molecule has 21 heavy (non-hydrogen) atoms. The van der Waals surface area contributed by atoms with Crippen molar-refractivity contribution in [2.24, 2.45) is 0 Å². The summed E-state index contributed by atoms with van der Waals surface area (Å²) in [5.74, 6) is 2.20. The second-order valence-corrected chi connectivity index (χ2v) is 6.50. The summed E-state index contributed by atoms with van der Waals surface area (Å²) in [6, 6.07) is 7.66. The largest absolute Gasteiger partial charge is 0.497 e. The van der Waals surface area contributed by atoms with E-state index in [1.807, 2.05) is 36.6 Å². The summed E-state index contributed by atoms with van der Waals surface area (Å²) in [4.78, 5) is 8.93. The first kappa shape index (κ1) is 14.2. The third kappa shape index (κ3) is 3.46. The summed E-state index contributed by atoms with van der Waals surface area (Å²) in [5, 5.41) is 2.05. The fraction of sp³-hybridized carbons (Fsp3) is 0.200. The first-order valence-electron chi connectivity index (χ1n) is 6.38. The molecule has 0 N–H and O–H groups in total. The number of methoxy groups -OCH3 is 1. The van der Waals surface area contributed by atoms with E-state index in [0.717, 1.165) is 32.8 Å². The molecule has 3 aromatic rings. The molecule has 0 aliphatic rings. The van der Waals surface area contributed by atoms with E-state index in [-0.39, 0.29) is 0 Å². The van der Waals surface area contributed by atoms with Crippen molar-refractivity contribution in [3.8, 4) is 17.2 Å². The van der Waals surface area contributed by atoms with Crippen LogP contribution >= 0.6 is 23.1 Å². The highest BCUT2D eigenvalue weighted by Gasteiger charge is 2.08. The lowest BCUT2D eigenvalue weighted by Crippen LogP contribution is -1.84. The maximum absolute atomic E-state index is 5.54. The molecule has 108 valence electrons. The third-order valence-electron chi connectivity index (χ3n) is 2.83. The van der Waals surface area contributed by atoms with Crippen LogP contribution in [0.1, 0.15) is 11.4 Å². The molecule has 0 saturated heterocycles. The minimum atomic E-state index is 0.628. The number of hydrogen-bond donors (Lipinski definition) is 0. The number of thiazole rings is 1. The standard InChI is InChI=1S/C15H14N2O2S2/c1-10-8-20-15(16-10)21-9-12-7-19-14(17-12)11-3-5-13(18-2)6-4-11/h3-8H,9H2,1-2H3. The molecule has 0 fully saturated rings. The highest BCUT2D eigenvalue weighted by molar-refractivity contribution is 8.00. The number of thioether (sulfide) groups is 1. The number of nitrogens with zero attached hydrogens (tertiary/aromatic N) is 2. The molecule has 0 radical (unpaired) electrons. The van der Waals surface area contributed by atoms with Crippen LogP contribution in [0.4, 0.5) is 0 Å². The van der Waals surface area contributed by atoms with Crippen LogP contribution in [0.2, 0.25) is 0 Å². The molecule has 0 atom stereocenters. The molecule has 3 rings (SSSR count). The highest BCUT2D eigenvalue weighted by atomic mass is 32.2. The minimum absolute atomic E-state index is 0.628. The van der Waals surface area contributed by atoms with Crippen molar-refractivity contribution < 1.29 is 9.15 Å². The van der Waals surface area contributed by atoms with Gasteiger partial charge in [-0.3, -0.25) is 0 Å². The van der Waals surface area contributed by atoms with E-state index in [2.05, 4.69) is 9.97 Å². The summed E-state index contributed by atoms with van der Waals surface area (Å²) in [6.45, 7) is 2.00. The van der Waals surface area contributed by atoms with Crippen LogP contribution in [-0.4, -0.2) is 17.1 Å².